The SMILES string of the molecule is C=CC(=O)OCCCCC1(C#N)CCCC(c2ccc(-c3ccc(CCCC)cc3)cc2)C1. The van der Waals surface area contributed by atoms with Crippen LogP contribution in [0.25, 0.3) is 11.1 Å². The van der Waals surface area contributed by atoms with E-state index in [0.717, 1.165) is 51.4 Å². The molecule has 1 aliphatic rings. The Hall–Kier alpha value is -2.86. The van der Waals surface area contributed by atoms with Crippen LogP contribution in [0.15, 0.2) is 61.2 Å². The van der Waals surface area contributed by atoms with E-state index in [9.17, 15) is 10.1 Å². The second kappa shape index (κ2) is 12.4. The molecule has 3 rings (SSSR count). The summed E-state index contributed by atoms with van der Waals surface area (Å²) in [6, 6.07) is 20.6. The maximum absolute atomic E-state index is 11.2. The van der Waals surface area contributed by atoms with Crippen LogP contribution in [0.1, 0.15) is 81.8 Å². The average molecular weight is 444 g/mol. The lowest BCUT2D eigenvalue weighted by molar-refractivity contribution is -0.137. The molecule has 2 aromatic carbocycles. The molecule has 1 fully saturated rings. The molecule has 0 bridgehead atoms. The molecule has 0 aliphatic heterocycles. The minimum atomic E-state index is -0.376. The predicted molar refractivity (Wildman–Crippen MR) is 135 cm³/mol. The molecule has 0 spiro atoms. The van der Waals surface area contributed by atoms with Crippen LogP contribution in [0.5, 0.6) is 0 Å². The number of hydrogen-bond acceptors (Lipinski definition) is 3. The van der Waals surface area contributed by atoms with Gasteiger partial charge in [-0.25, -0.2) is 4.79 Å². The molecular weight excluding hydrogens is 406 g/mol. The van der Waals surface area contributed by atoms with E-state index in [4.69, 9.17) is 4.74 Å². The molecule has 2 aromatic rings. The van der Waals surface area contributed by atoms with Crippen LogP contribution in [0.3, 0.4) is 0 Å². The number of aryl methyl sites for hydroxylation is 1. The van der Waals surface area contributed by atoms with Gasteiger partial charge in [-0.05, 0) is 79.5 Å². The highest BCUT2D eigenvalue weighted by Gasteiger charge is 2.36. The number of esters is 1. The summed E-state index contributed by atoms with van der Waals surface area (Å²) in [5, 5.41) is 10.0. The highest BCUT2D eigenvalue weighted by atomic mass is 16.5. The molecule has 3 heteroatoms. The standard InChI is InChI=1S/C30H37NO2/c1-3-5-9-24-11-13-25(14-12-24)26-15-17-27(18-16-26)28-10-8-20-30(22-28,23-31)19-6-7-21-33-29(32)4-2/h4,11-18,28H,2-3,5-10,19-22H2,1H3. The zero-order valence-corrected chi connectivity index (χ0v) is 20.0. The molecule has 0 heterocycles. The average Bonchev–Trinajstić information content (AvgIpc) is 2.87. The molecule has 0 aromatic heterocycles. The van der Waals surface area contributed by atoms with Crippen molar-refractivity contribution >= 4 is 5.97 Å². The van der Waals surface area contributed by atoms with Gasteiger partial charge in [0.05, 0.1) is 18.1 Å². The van der Waals surface area contributed by atoms with Gasteiger partial charge in [-0.3, -0.25) is 0 Å². The molecule has 2 unspecified atom stereocenters. The molecular formula is C30H37NO2. The smallest absolute Gasteiger partial charge is 0.330 e. The summed E-state index contributed by atoms with van der Waals surface area (Å²) in [7, 11) is 0. The zero-order valence-electron chi connectivity index (χ0n) is 20.0. The Kier molecular flexibility index (Phi) is 9.31. The van der Waals surface area contributed by atoms with Gasteiger partial charge < -0.3 is 4.74 Å². The van der Waals surface area contributed by atoms with Crippen molar-refractivity contribution < 1.29 is 9.53 Å². The first kappa shape index (κ1) is 24.8. The van der Waals surface area contributed by atoms with Crippen LogP contribution in [0.4, 0.5) is 0 Å². The molecule has 0 radical (unpaired) electrons. The van der Waals surface area contributed by atoms with Crippen LogP contribution in [0, 0.1) is 16.7 Å². The third kappa shape index (κ3) is 7.06. The fourth-order valence-corrected chi connectivity index (χ4v) is 5.02. The van der Waals surface area contributed by atoms with Gasteiger partial charge >= 0.3 is 5.97 Å². The van der Waals surface area contributed by atoms with E-state index in [2.05, 4.69) is 68.1 Å². The molecule has 0 N–H and O–H groups in total. The van der Waals surface area contributed by atoms with E-state index < -0.39 is 0 Å². The first-order valence-corrected chi connectivity index (χ1v) is 12.5. The minimum Gasteiger partial charge on any atom is -0.463 e. The molecule has 174 valence electrons. The van der Waals surface area contributed by atoms with Crippen molar-refractivity contribution in [1.29, 1.82) is 5.26 Å². The highest BCUT2D eigenvalue weighted by molar-refractivity contribution is 5.81. The fraction of sp³-hybridized carbons (Fsp3) is 0.467. The van der Waals surface area contributed by atoms with Crippen LogP contribution in [0.2, 0.25) is 0 Å². The van der Waals surface area contributed by atoms with E-state index in [-0.39, 0.29) is 11.4 Å². The van der Waals surface area contributed by atoms with Crippen molar-refractivity contribution in [3.8, 4) is 17.2 Å². The Balaban J connectivity index is 1.58. The molecule has 2 atom stereocenters. The fourth-order valence-electron chi connectivity index (χ4n) is 5.02. The van der Waals surface area contributed by atoms with Crippen molar-refractivity contribution in [3.63, 3.8) is 0 Å². The number of unbranched alkanes of at least 4 members (excludes halogenated alkanes) is 2. The van der Waals surface area contributed by atoms with Crippen LogP contribution in [-0.4, -0.2) is 12.6 Å². The van der Waals surface area contributed by atoms with Gasteiger partial charge in [0, 0.05) is 6.08 Å². The van der Waals surface area contributed by atoms with Gasteiger partial charge in [-0.1, -0.05) is 74.9 Å². The maximum Gasteiger partial charge on any atom is 0.330 e. The van der Waals surface area contributed by atoms with Crippen molar-refractivity contribution in [2.75, 3.05) is 6.61 Å². The Morgan fingerprint density at radius 1 is 1.12 bits per heavy atom. The van der Waals surface area contributed by atoms with Crippen LogP contribution < -0.4 is 0 Å². The van der Waals surface area contributed by atoms with Gasteiger partial charge in [0.15, 0.2) is 0 Å². The second-order valence-corrected chi connectivity index (χ2v) is 9.44. The first-order chi connectivity index (χ1) is 16.1. The van der Waals surface area contributed by atoms with Gasteiger partial charge in [0.25, 0.3) is 0 Å². The zero-order chi connectivity index (χ0) is 23.5. The van der Waals surface area contributed by atoms with Crippen molar-refractivity contribution in [2.24, 2.45) is 5.41 Å². The van der Waals surface area contributed by atoms with Crippen molar-refractivity contribution in [3.05, 3.63) is 72.3 Å². The summed E-state index contributed by atoms with van der Waals surface area (Å²) in [6.45, 7) is 6.04. The largest absolute Gasteiger partial charge is 0.463 e. The Morgan fingerprint density at radius 2 is 1.82 bits per heavy atom. The normalized spacial score (nSPS) is 20.1. The Bertz CT molecular complexity index is 939. The van der Waals surface area contributed by atoms with Gasteiger partial charge in [-0.15, -0.1) is 0 Å². The summed E-state index contributed by atoms with van der Waals surface area (Å²) in [4.78, 5) is 11.2. The lowest BCUT2D eigenvalue weighted by Crippen LogP contribution is -2.26. The monoisotopic (exact) mass is 443 g/mol. The minimum absolute atomic E-state index is 0.266. The predicted octanol–water partition coefficient (Wildman–Crippen LogP) is 7.76. The summed E-state index contributed by atoms with van der Waals surface area (Å²) >= 11 is 0. The number of rotatable bonds is 11. The van der Waals surface area contributed by atoms with E-state index in [0.29, 0.717) is 12.5 Å². The molecule has 33 heavy (non-hydrogen) atoms. The van der Waals surface area contributed by atoms with Crippen LogP contribution in [-0.2, 0) is 16.0 Å². The van der Waals surface area contributed by atoms with Crippen LogP contribution >= 0.6 is 0 Å². The number of benzene rings is 2. The van der Waals surface area contributed by atoms with E-state index in [1.54, 1.807) is 0 Å². The van der Waals surface area contributed by atoms with E-state index in [1.165, 1.54) is 41.2 Å². The lowest BCUT2D eigenvalue weighted by atomic mass is 9.66. The van der Waals surface area contributed by atoms with Crippen molar-refractivity contribution in [1.82, 2.24) is 0 Å². The maximum atomic E-state index is 11.2. The highest BCUT2D eigenvalue weighted by Crippen LogP contribution is 2.46. The number of carbonyl (C=O) groups is 1. The molecule has 1 saturated carbocycles. The van der Waals surface area contributed by atoms with Gasteiger partial charge in [0.1, 0.15) is 0 Å². The molecule has 0 saturated heterocycles. The number of nitrogens with zero attached hydrogens (tertiary/aromatic N) is 1. The number of nitriles is 1. The molecule has 1 aliphatic carbocycles. The van der Waals surface area contributed by atoms with Crippen molar-refractivity contribution in [2.45, 2.75) is 77.0 Å². The quantitative estimate of drug-likeness (QED) is 0.202. The summed E-state index contributed by atoms with van der Waals surface area (Å²) in [5.74, 6) is 0.0565. The van der Waals surface area contributed by atoms with E-state index >= 15 is 0 Å². The van der Waals surface area contributed by atoms with Gasteiger partial charge in [-0.2, -0.15) is 5.26 Å². The number of carbonyl (C=O) groups excluding carboxylic acids is 1. The molecule has 3 nitrogen and oxygen atoms in total. The topological polar surface area (TPSA) is 50.1 Å². The first-order valence-electron chi connectivity index (χ1n) is 12.5. The van der Waals surface area contributed by atoms with Gasteiger partial charge in [0.2, 0.25) is 0 Å². The summed E-state index contributed by atoms with van der Waals surface area (Å²) < 4.78 is 5.07. The second-order valence-electron chi connectivity index (χ2n) is 9.44. The Labute approximate surface area is 199 Å². The number of hydrogen-bond donors (Lipinski definition) is 0. The number of ether oxygens (including phenoxy) is 1. The molecule has 0 amide bonds. The lowest BCUT2D eigenvalue weighted by Gasteiger charge is -2.36. The Morgan fingerprint density at radius 3 is 2.45 bits per heavy atom. The third-order valence-corrected chi connectivity index (χ3v) is 7.03. The summed E-state index contributed by atoms with van der Waals surface area (Å²) in [5.41, 5.74) is 4.99. The third-order valence-electron chi connectivity index (χ3n) is 7.03. The summed E-state index contributed by atoms with van der Waals surface area (Å²) in [6.07, 6.45) is 11.5. The van der Waals surface area contributed by atoms with E-state index in [1.807, 2.05) is 0 Å².